The topological polar surface area (TPSA) is 45.2 Å². The second kappa shape index (κ2) is 5.09. The monoisotopic (exact) mass is 288 g/mol. The lowest BCUT2D eigenvalue weighted by molar-refractivity contribution is 0.459. The van der Waals surface area contributed by atoms with E-state index in [0.29, 0.717) is 5.56 Å². The number of hydrogen-bond acceptors (Lipinski definition) is 4. The highest BCUT2D eigenvalue weighted by Crippen LogP contribution is 2.29. The molecule has 0 aliphatic carbocycles. The van der Waals surface area contributed by atoms with Gasteiger partial charge in [0.1, 0.15) is 11.6 Å². The summed E-state index contributed by atoms with van der Waals surface area (Å²) >= 11 is 1.58. The van der Waals surface area contributed by atoms with Crippen LogP contribution in [0.1, 0.15) is 18.5 Å². The number of aromatic nitrogens is 1. The van der Waals surface area contributed by atoms with Gasteiger partial charge in [0.15, 0.2) is 0 Å². The predicted octanol–water partition coefficient (Wildman–Crippen LogP) is 4.31. The van der Waals surface area contributed by atoms with Gasteiger partial charge in [-0.25, -0.2) is 9.37 Å². The first-order chi connectivity index (χ1) is 9.63. The van der Waals surface area contributed by atoms with E-state index in [-0.39, 0.29) is 11.8 Å². The number of nitrogens with zero attached hydrogens (tertiary/aromatic N) is 1. The first kappa shape index (κ1) is 12.9. The fraction of sp³-hybridized carbons (Fsp3) is 0.133. The van der Waals surface area contributed by atoms with Gasteiger partial charge in [-0.1, -0.05) is 6.07 Å². The van der Waals surface area contributed by atoms with E-state index in [1.807, 2.05) is 30.6 Å². The molecule has 0 saturated carbocycles. The van der Waals surface area contributed by atoms with Gasteiger partial charge in [0.2, 0.25) is 0 Å². The van der Waals surface area contributed by atoms with Gasteiger partial charge in [0, 0.05) is 17.3 Å². The first-order valence-electron chi connectivity index (χ1n) is 6.21. The average Bonchev–Trinajstić information content (AvgIpc) is 2.85. The summed E-state index contributed by atoms with van der Waals surface area (Å²) in [6, 6.07) is 9.85. The van der Waals surface area contributed by atoms with Gasteiger partial charge in [-0.05, 0) is 31.2 Å². The number of phenolic OH excluding ortho intramolecular Hbond substituents is 1. The quantitative estimate of drug-likeness (QED) is 0.754. The van der Waals surface area contributed by atoms with E-state index in [2.05, 4.69) is 10.3 Å². The molecule has 1 heterocycles. The van der Waals surface area contributed by atoms with Crippen LogP contribution in [0.5, 0.6) is 5.75 Å². The maximum absolute atomic E-state index is 13.0. The minimum atomic E-state index is -0.440. The van der Waals surface area contributed by atoms with Gasteiger partial charge in [-0.15, -0.1) is 11.3 Å². The number of nitrogens with one attached hydrogen (secondary N) is 1. The second-order valence-electron chi connectivity index (χ2n) is 4.60. The van der Waals surface area contributed by atoms with Crippen LogP contribution in [0.15, 0.2) is 41.9 Å². The van der Waals surface area contributed by atoms with Gasteiger partial charge >= 0.3 is 0 Å². The lowest BCUT2D eigenvalue weighted by Gasteiger charge is -2.17. The Labute approximate surface area is 119 Å². The molecule has 3 nitrogen and oxygen atoms in total. The van der Waals surface area contributed by atoms with E-state index >= 15 is 0 Å². The molecule has 0 amide bonds. The van der Waals surface area contributed by atoms with E-state index < -0.39 is 5.82 Å². The zero-order valence-electron chi connectivity index (χ0n) is 10.8. The van der Waals surface area contributed by atoms with Gasteiger partial charge in [-0.3, -0.25) is 0 Å². The Balaban J connectivity index is 1.85. The summed E-state index contributed by atoms with van der Waals surface area (Å²) in [6.07, 6.45) is 0. The van der Waals surface area contributed by atoms with Crippen molar-refractivity contribution in [3.63, 3.8) is 0 Å². The van der Waals surface area contributed by atoms with Crippen LogP contribution in [0.4, 0.5) is 10.1 Å². The molecule has 20 heavy (non-hydrogen) atoms. The molecule has 1 unspecified atom stereocenters. The normalized spacial score (nSPS) is 12.5. The average molecular weight is 288 g/mol. The van der Waals surface area contributed by atoms with Crippen molar-refractivity contribution in [1.82, 2.24) is 4.98 Å². The van der Waals surface area contributed by atoms with Gasteiger partial charge in [0.25, 0.3) is 0 Å². The molecule has 1 atom stereocenters. The Hall–Kier alpha value is -2.14. The molecule has 2 aromatic carbocycles. The summed E-state index contributed by atoms with van der Waals surface area (Å²) in [4.78, 5) is 4.23. The van der Waals surface area contributed by atoms with Crippen LogP contribution in [0.25, 0.3) is 10.2 Å². The van der Waals surface area contributed by atoms with E-state index in [1.54, 1.807) is 17.4 Å². The Kier molecular flexibility index (Phi) is 3.28. The molecule has 0 fully saturated rings. The second-order valence-corrected chi connectivity index (χ2v) is 5.49. The molecule has 0 aliphatic heterocycles. The fourth-order valence-electron chi connectivity index (χ4n) is 2.16. The standard InChI is InChI=1S/C15H13FN2OS/c1-9(12-4-2-10(16)6-14(12)19)18-11-3-5-13-15(7-11)20-8-17-13/h2-9,18-19H,1H3. The van der Waals surface area contributed by atoms with Crippen molar-refractivity contribution >= 4 is 27.2 Å². The number of phenols is 1. The molecule has 0 saturated heterocycles. The molecule has 102 valence electrons. The maximum atomic E-state index is 13.0. The van der Waals surface area contributed by atoms with E-state index in [9.17, 15) is 9.50 Å². The van der Waals surface area contributed by atoms with Crippen LogP contribution in [0.2, 0.25) is 0 Å². The van der Waals surface area contributed by atoms with Crippen molar-refractivity contribution in [3.8, 4) is 5.75 Å². The zero-order chi connectivity index (χ0) is 14.1. The molecule has 2 N–H and O–H groups in total. The van der Waals surface area contributed by atoms with E-state index in [4.69, 9.17) is 0 Å². The number of thiazole rings is 1. The molecular weight excluding hydrogens is 275 g/mol. The molecule has 0 bridgehead atoms. The van der Waals surface area contributed by atoms with Gasteiger partial charge < -0.3 is 10.4 Å². The van der Waals surface area contributed by atoms with Crippen molar-refractivity contribution in [2.24, 2.45) is 0 Å². The van der Waals surface area contributed by atoms with Crippen LogP contribution in [0.3, 0.4) is 0 Å². The third-order valence-corrected chi connectivity index (χ3v) is 3.97. The highest BCUT2D eigenvalue weighted by atomic mass is 32.1. The van der Waals surface area contributed by atoms with Crippen LogP contribution < -0.4 is 5.32 Å². The molecule has 0 aliphatic rings. The van der Waals surface area contributed by atoms with Gasteiger partial charge in [-0.2, -0.15) is 0 Å². The highest BCUT2D eigenvalue weighted by Gasteiger charge is 2.11. The molecule has 0 radical (unpaired) electrons. The minimum Gasteiger partial charge on any atom is -0.507 e. The highest BCUT2D eigenvalue weighted by molar-refractivity contribution is 7.16. The largest absolute Gasteiger partial charge is 0.507 e. The number of benzene rings is 2. The lowest BCUT2D eigenvalue weighted by atomic mass is 10.1. The molecular formula is C15H13FN2OS. The summed E-state index contributed by atoms with van der Waals surface area (Å²) in [7, 11) is 0. The molecule has 5 heteroatoms. The number of anilines is 1. The van der Waals surface area contributed by atoms with Crippen molar-refractivity contribution in [2.45, 2.75) is 13.0 Å². The Morgan fingerprint density at radius 2 is 2.10 bits per heavy atom. The Morgan fingerprint density at radius 3 is 2.90 bits per heavy atom. The SMILES string of the molecule is CC(Nc1ccc2ncsc2c1)c1ccc(F)cc1O. The van der Waals surface area contributed by atoms with E-state index in [0.717, 1.165) is 22.0 Å². The van der Waals surface area contributed by atoms with Crippen LogP contribution in [-0.2, 0) is 0 Å². The molecule has 3 rings (SSSR count). The lowest BCUT2D eigenvalue weighted by Crippen LogP contribution is -2.06. The number of aromatic hydroxyl groups is 1. The summed E-state index contributed by atoms with van der Waals surface area (Å²) in [5, 5.41) is 13.1. The van der Waals surface area contributed by atoms with Crippen molar-refractivity contribution in [3.05, 3.63) is 53.3 Å². The van der Waals surface area contributed by atoms with Crippen LogP contribution in [0, 0.1) is 5.82 Å². The predicted molar refractivity (Wildman–Crippen MR) is 79.7 cm³/mol. The van der Waals surface area contributed by atoms with Crippen molar-refractivity contribution < 1.29 is 9.50 Å². The minimum absolute atomic E-state index is 0.0381. The summed E-state index contributed by atoms with van der Waals surface area (Å²) < 4.78 is 14.1. The summed E-state index contributed by atoms with van der Waals surface area (Å²) in [5.74, 6) is -0.478. The maximum Gasteiger partial charge on any atom is 0.126 e. The molecule has 0 spiro atoms. The first-order valence-corrected chi connectivity index (χ1v) is 7.09. The van der Waals surface area contributed by atoms with Crippen molar-refractivity contribution in [2.75, 3.05) is 5.32 Å². The van der Waals surface area contributed by atoms with Crippen LogP contribution >= 0.6 is 11.3 Å². The molecule has 3 aromatic rings. The van der Waals surface area contributed by atoms with E-state index in [1.165, 1.54) is 6.07 Å². The van der Waals surface area contributed by atoms with Crippen molar-refractivity contribution in [1.29, 1.82) is 0 Å². The Morgan fingerprint density at radius 1 is 1.25 bits per heavy atom. The zero-order valence-corrected chi connectivity index (χ0v) is 11.6. The summed E-state index contributed by atoms with van der Waals surface area (Å²) in [6.45, 7) is 1.92. The summed E-state index contributed by atoms with van der Waals surface area (Å²) in [5.41, 5.74) is 4.38. The number of rotatable bonds is 3. The number of halogens is 1. The number of hydrogen-bond donors (Lipinski definition) is 2. The van der Waals surface area contributed by atoms with Crippen LogP contribution in [-0.4, -0.2) is 10.1 Å². The smallest absolute Gasteiger partial charge is 0.126 e. The van der Waals surface area contributed by atoms with Gasteiger partial charge in [0.05, 0.1) is 21.8 Å². The third-order valence-electron chi connectivity index (χ3n) is 3.17. The third kappa shape index (κ3) is 2.44. The Bertz CT molecular complexity index is 756. The fourth-order valence-corrected chi connectivity index (χ4v) is 2.87. The number of fused-ring (bicyclic) bond motifs is 1. The molecule has 1 aromatic heterocycles.